The van der Waals surface area contributed by atoms with Gasteiger partial charge in [0.15, 0.2) is 6.61 Å². The maximum Gasteiger partial charge on any atom is 0.340 e. The molecule has 1 aromatic heterocycles. The Labute approximate surface area is 159 Å². The summed E-state index contributed by atoms with van der Waals surface area (Å²) in [6, 6.07) is 13.1. The van der Waals surface area contributed by atoms with Crippen LogP contribution < -0.4 is 15.7 Å². The van der Waals surface area contributed by atoms with Gasteiger partial charge in [0.1, 0.15) is 5.75 Å². The minimum Gasteiger partial charge on any atom is -0.484 e. The Hall–Kier alpha value is -3.32. The number of hydrogen-bond donors (Lipinski definition) is 1. The molecule has 0 bridgehead atoms. The van der Waals surface area contributed by atoms with Crippen molar-refractivity contribution in [3.63, 3.8) is 0 Å². The molecule has 0 fully saturated rings. The van der Waals surface area contributed by atoms with Crippen molar-refractivity contribution >= 4 is 34.2 Å². The molecule has 3 rings (SSSR count). The van der Waals surface area contributed by atoms with Crippen molar-refractivity contribution in [2.75, 3.05) is 19.1 Å². The Morgan fingerprint density at radius 2 is 1.74 bits per heavy atom. The number of pyridine rings is 1. The van der Waals surface area contributed by atoms with Crippen LogP contribution in [0.15, 0.2) is 59.5 Å². The Morgan fingerprint density at radius 3 is 2.41 bits per heavy atom. The zero-order valence-electron chi connectivity index (χ0n) is 14.3. The third-order valence-corrected chi connectivity index (χ3v) is 4.01. The maximum atomic E-state index is 12.6. The summed E-state index contributed by atoms with van der Waals surface area (Å²) in [7, 11) is 1.24. The van der Waals surface area contributed by atoms with Gasteiger partial charge in [-0.1, -0.05) is 29.8 Å². The van der Waals surface area contributed by atoms with Crippen LogP contribution in [-0.4, -0.2) is 30.3 Å². The summed E-state index contributed by atoms with van der Waals surface area (Å²) in [6.45, 7) is -0.325. The maximum absolute atomic E-state index is 12.6. The van der Waals surface area contributed by atoms with Gasteiger partial charge in [-0.15, -0.1) is 0 Å². The minimum absolute atomic E-state index is 0.159. The third-order valence-electron chi connectivity index (χ3n) is 3.76. The Bertz CT molecular complexity index is 1060. The van der Waals surface area contributed by atoms with E-state index in [4.69, 9.17) is 21.1 Å². The normalized spacial score (nSPS) is 10.4. The molecule has 0 saturated heterocycles. The summed E-state index contributed by atoms with van der Waals surface area (Å²) in [4.78, 5) is 36.8. The van der Waals surface area contributed by atoms with Crippen LogP contribution in [0.3, 0.4) is 0 Å². The van der Waals surface area contributed by atoms with Crippen LogP contribution in [0.25, 0.3) is 10.8 Å². The smallest absolute Gasteiger partial charge is 0.340 e. The van der Waals surface area contributed by atoms with E-state index in [1.807, 2.05) is 0 Å². The first-order chi connectivity index (χ1) is 13.0. The first-order valence-corrected chi connectivity index (χ1v) is 8.28. The number of carbonyl (C=O) groups excluding carboxylic acids is 2. The number of esters is 1. The summed E-state index contributed by atoms with van der Waals surface area (Å²) in [5, 5.41) is 1.27. The van der Waals surface area contributed by atoms with Gasteiger partial charge in [0.2, 0.25) is 0 Å². The largest absolute Gasteiger partial charge is 0.484 e. The summed E-state index contributed by atoms with van der Waals surface area (Å²) < 4.78 is 11.0. The Balaban J connectivity index is 1.84. The van der Waals surface area contributed by atoms with Crippen molar-refractivity contribution in [3.05, 3.63) is 75.7 Å². The monoisotopic (exact) mass is 386 g/mol. The highest BCUT2D eigenvalue weighted by molar-refractivity contribution is 6.30. The lowest BCUT2D eigenvalue weighted by Crippen LogP contribution is -2.36. The van der Waals surface area contributed by atoms with Crippen molar-refractivity contribution in [2.45, 2.75) is 0 Å². The first kappa shape index (κ1) is 18.5. The number of carbonyl (C=O) groups is 2. The van der Waals surface area contributed by atoms with Gasteiger partial charge in [-0.3, -0.25) is 15.0 Å². The van der Waals surface area contributed by atoms with E-state index in [2.05, 4.69) is 5.43 Å². The molecule has 8 heteroatoms. The van der Waals surface area contributed by atoms with E-state index in [0.29, 0.717) is 16.2 Å². The molecule has 0 aliphatic rings. The molecule has 1 heterocycles. The zero-order chi connectivity index (χ0) is 19.4. The molecular weight excluding hydrogens is 372 g/mol. The predicted molar refractivity (Wildman–Crippen MR) is 101 cm³/mol. The van der Waals surface area contributed by atoms with Crippen LogP contribution in [-0.2, 0) is 9.53 Å². The second kappa shape index (κ2) is 7.92. The van der Waals surface area contributed by atoms with Gasteiger partial charge in [0, 0.05) is 22.0 Å². The number of nitrogens with zero attached hydrogens (tertiary/aromatic N) is 1. The highest BCUT2D eigenvalue weighted by Gasteiger charge is 2.16. The van der Waals surface area contributed by atoms with Crippen molar-refractivity contribution in [3.8, 4) is 5.75 Å². The number of aromatic nitrogens is 1. The third kappa shape index (κ3) is 4.09. The molecule has 7 nitrogen and oxygen atoms in total. The lowest BCUT2D eigenvalue weighted by molar-refractivity contribution is -0.119. The lowest BCUT2D eigenvalue weighted by Gasteiger charge is -2.12. The van der Waals surface area contributed by atoms with Crippen LogP contribution in [0.5, 0.6) is 5.75 Å². The Morgan fingerprint density at radius 1 is 1.07 bits per heavy atom. The molecule has 1 amide bonds. The molecule has 0 saturated carbocycles. The van der Waals surface area contributed by atoms with E-state index in [1.54, 1.807) is 48.5 Å². The van der Waals surface area contributed by atoms with Gasteiger partial charge in [-0.25, -0.2) is 9.47 Å². The average Bonchev–Trinajstić information content (AvgIpc) is 2.69. The molecule has 27 heavy (non-hydrogen) atoms. The van der Waals surface area contributed by atoms with E-state index in [-0.39, 0.29) is 17.6 Å². The Kier molecular flexibility index (Phi) is 5.42. The van der Waals surface area contributed by atoms with Crippen molar-refractivity contribution in [1.82, 2.24) is 4.68 Å². The number of halogens is 1. The van der Waals surface area contributed by atoms with E-state index < -0.39 is 17.4 Å². The number of nitrogens with one attached hydrogen (secondary N) is 1. The molecule has 0 atom stereocenters. The van der Waals surface area contributed by atoms with Crippen molar-refractivity contribution in [2.24, 2.45) is 0 Å². The van der Waals surface area contributed by atoms with Gasteiger partial charge in [-0.05, 0) is 30.3 Å². The highest BCUT2D eigenvalue weighted by atomic mass is 35.5. The number of benzene rings is 2. The van der Waals surface area contributed by atoms with Crippen LogP contribution in [0.2, 0.25) is 5.02 Å². The topological polar surface area (TPSA) is 86.6 Å². The minimum atomic E-state index is -0.619. The highest BCUT2D eigenvalue weighted by Crippen LogP contribution is 2.16. The molecule has 3 aromatic rings. The van der Waals surface area contributed by atoms with Gasteiger partial charge < -0.3 is 9.47 Å². The second-order valence-electron chi connectivity index (χ2n) is 5.53. The van der Waals surface area contributed by atoms with Crippen LogP contribution in [0.1, 0.15) is 10.4 Å². The van der Waals surface area contributed by atoms with Gasteiger partial charge in [0.25, 0.3) is 11.5 Å². The SMILES string of the molecule is COC(=O)c1cn(NC(=O)COc2ccc(Cl)cc2)c(=O)c2ccccc12. The van der Waals surface area contributed by atoms with Crippen LogP contribution in [0, 0.1) is 0 Å². The van der Waals surface area contributed by atoms with Crippen LogP contribution in [0.4, 0.5) is 0 Å². The molecule has 0 spiro atoms. The molecule has 0 aliphatic heterocycles. The fourth-order valence-corrected chi connectivity index (χ4v) is 2.62. The fraction of sp³-hybridized carbons (Fsp3) is 0.105. The molecule has 2 aromatic carbocycles. The summed E-state index contributed by atoms with van der Waals surface area (Å²) in [5.41, 5.74) is 2.09. The summed E-state index contributed by atoms with van der Waals surface area (Å²) >= 11 is 5.79. The molecule has 0 radical (unpaired) electrons. The van der Waals surface area contributed by atoms with Crippen LogP contribution >= 0.6 is 11.6 Å². The van der Waals surface area contributed by atoms with Crippen molar-refractivity contribution in [1.29, 1.82) is 0 Å². The molecule has 0 unspecified atom stereocenters. The lowest BCUT2D eigenvalue weighted by atomic mass is 10.1. The quantitative estimate of drug-likeness (QED) is 0.681. The van der Waals surface area contributed by atoms with E-state index in [1.165, 1.54) is 13.3 Å². The second-order valence-corrected chi connectivity index (χ2v) is 5.97. The van der Waals surface area contributed by atoms with E-state index in [0.717, 1.165) is 4.68 Å². The number of hydrogen-bond acceptors (Lipinski definition) is 5. The first-order valence-electron chi connectivity index (χ1n) is 7.90. The molecule has 138 valence electrons. The van der Waals surface area contributed by atoms with Gasteiger partial charge >= 0.3 is 5.97 Å². The fourth-order valence-electron chi connectivity index (χ4n) is 2.49. The molecule has 1 N–H and O–H groups in total. The number of methoxy groups -OCH3 is 1. The van der Waals surface area contributed by atoms with Gasteiger partial charge in [0.05, 0.1) is 12.7 Å². The van der Waals surface area contributed by atoms with E-state index in [9.17, 15) is 14.4 Å². The number of rotatable bonds is 5. The zero-order valence-corrected chi connectivity index (χ0v) is 15.0. The summed E-state index contributed by atoms with van der Waals surface area (Å²) in [5.74, 6) is -0.736. The number of fused-ring (bicyclic) bond motifs is 1. The van der Waals surface area contributed by atoms with E-state index >= 15 is 0 Å². The van der Waals surface area contributed by atoms with Gasteiger partial charge in [-0.2, -0.15) is 0 Å². The van der Waals surface area contributed by atoms with Crippen molar-refractivity contribution < 1.29 is 19.1 Å². The standard InChI is InChI=1S/C19H15ClN2O5/c1-26-19(25)16-10-22(18(24)15-5-3-2-4-14(15)16)21-17(23)11-27-13-8-6-12(20)7-9-13/h2-10H,11H2,1H3,(H,21,23). The molecule has 0 aliphatic carbocycles. The molecular formula is C19H15ClN2O5. The summed E-state index contributed by atoms with van der Waals surface area (Å²) in [6.07, 6.45) is 1.23. The number of ether oxygens (including phenoxy) is 2. The predicted octanol–water partition coefficient (Wildman–Crippen LogP) is 2.59. The number of amides is 1. The average molecular weight is 387 g/mol.